The zero-order valence-corrected chi connectivity index (χ0v) is 12.1. The Bertz CT molecular complexity index is 288. The molecule has 110 valence electrons. The van der Waals surface area contributed by atoms with Crippen molar-refractivity contribution < 1.29 is 9.53 Å². The van der Waals surface area contributed by atoms with E-state index < -0.39 is 0 Å². The fourth-order valence-corrected chi connectivity index (χ4v) is 3.27. The molecular formula is C15H28N2O2. The molecular weight excluding hydrogens is 240 g/mol. The molecule has 1 amide bonds. The van der Waals surface area contributed by atoms with Crippen LogP contribution in [0, 0.1) is 17.8 Å². The van der Waals surface area contributed by atoms with Gasteiger partial charge in [0.2, 0.25) is 0 Å². The maximum atomic E-state index is 12.0. The van der Waals surface area contributed by atoms with Crippen molar-refractivity contribution in [2.75, 3.05) is 26.2 Å². The molecule has 0 bridgehead atoms. The van der Waals surface area contributed by atoms with Gasteiger partial charge in [-0.1, -0.05) is 19.8 Å². The molecule has 0 aromatic heterocycles. The Morgan fingerprint density at radius 1 is 1.16 bits per heavy atom. The van der Waals surface area contributed by atoms with Crippen molar-refractivity contribution in [2.45, 2.75) is 45.4 Å². The van der Waals surface area contributed by atoms with Crippen molar-refractivity contribution >= 4 is 6.09 Å². The highest BCUT2D eigenvalue weighted by Crippen LogP contribution is 2.29. The summed E-state index contributed by atoms with van der Waals surface area (Å²) in [6, 6.07) is 0. The highest BCUT2D eigenvalue weighted by Gasteiger charge is 2.27. The van der Waals surface area contributed by atoms with Crippen LogP contribution in [-0.4, -0.2) is 37.2 Å². The standard InChI is InChI=1S/C15H28N2O2/c1-12-6-8-17(9-7-12)15(18)19-11-14-5-3-2-4-13(14)10-16/h12-14H,2-11,16H2,1H3. The van der Waals surface area contributed by atoms with E-state index in [1.807, 2.05) is 4.90 Å². The largest absolute Gasteiger partial charge is 0.449 e. The van der Waals surface area contributed by atoms with Crippen LogP contribution in [0.25, 0.3) is 0 Å². The van der Waals surface area contributed by atoms with E-state index >= 15 is 0 Å². The van der Waals surface area contributed by atoms with E-state index in [0.29, 0.717) is 18.4 Å². The van der Waals surface area contributed by atoms with Crippen LogP contribution in [-0.2, 0) is 4.74 Å². The molecule has 0 spiro atoms. The topological polar surface area (TPSA) is 55.6 Å². The minimum atomic E-state index is -0.117. The van der Waals surface area contributed by atoms with Crippen LogP contribution >= 0.6 is 0 Å². The molecule has 2 rings (SSSR count). The SMILES string of the molecule is CC1CCN(C(=O)OCC2CCCCC2CN)CC1. The van der Waals surface area contributed by atoms with Crippen LogP contribution in [0.15, 0.2) is 0 Å². The lowest BCUT2D eigenvalue weighted by Crippen LogP contribution is -2.39. The van der Waals surface area contributed by atoms with E-state index in [-0.39, 0.29) is 6.09 Å². The molecule has 1 aliphatic heterocycles. The molecule has 1 saturated carbocycles. The van der Waals surface area contributed by atoms with Gasteiger partial charge in [0, 0.05) is 13.1 Å². The highest BCUT2D eigenvalue weighted by molar-refractivity contribution is 5.67. The summed E-state index contributed by atoms with van der Waals surface area (Å²) in [5.41, 5.74) is 5.81. The first-order chi connectivity index (χ1) is 9.20. The number of hydrogen-bond donors (Lipinski definition) is 1. The van der Waals surface area contributed by atoms with Crippen LogP contribution in [0.4, 0.5) is 4.79 Å². The minimum Gasteiger partial charge on any atom is -0.449 e. The summed E-state index contributed by atoms with van der Waals surface area (Å²) >= 11 is 0. The third-order valence-electron chi connectivity index (χ3n) is 4.83. The second-order valence-corrected chi connectivity index (χ2v) is 6.29. The van der Waals surface area contributed by atoms with Gasteiger partial charge < -0.3 is 15.4 Å². The first kappa shape index (κ1) is 14.6. The Morgan fingerprint density at radius 2 is 1.79 bits per heavy atom. The van der Waals surface area contributed by atoms with Gasteiger partial charge in [-0.05, 0) is 50.0 Å². The normalized spacial score (nSPS) is 29.3. The Labute approximate surface area is 116 Å². The quantitative estimate of drug-likeness (QED) is 0.856. The zero-order valence-electron chi connectivity index (χ0n) is 12.1. The molecule has 1 saturated heterocycles. The van der Waals surface area contributed by atoms with Crippen LogP contribution in [0.5, 0.6) is 0 Å². The lowest BCUT2D eigenvalue weighted by atomic mass is 9.80. The van der Waals surface area contributed by atoms with Gasteiger partial charge in [0.05, 0.1) is 6.61 Å². The Balaban J connectivity index is 1.73. The summed E-state index contributed by atoms with van der Waals surface area (Å²) in [5, 5.41) is 0. The van der Waals surface area contributed by atoms with E-state index in [9.17, 15) is 4.79 Å². The van der Waals surface area contributed by atoms with E-state index in [4.69, 9.17) is 10.5 Å². The summed E-state index contributed by atoms with van der Waals surface area (Å²) in [4.78, 5) is 13.9. The van der Waals surface area contributed by atoms with E-state index in [1.54, 1.807) is 0 Å². The van der Waals surface area contributed by atoms with Gasteiger partial charge in [0.15, 0.2) is 0 Å². The van der Waals surface area contributed by atoms with Gasteiger partial charge in [-0.25, -0.2) is 4.79 Å². The molecule has 1 heterocycles. The van der Waals surface area contributed by atoms with E-state index in [0.717, 1.165) is 44.8 Å². The number of carbonyl (C=O) groups excluding carboxylic acids is 1. The first-order valence-electron chi connectivity index (χ1n) is 7.82. The number of amides is 1. The number of hydrogen-bond acceptors (Lipinski definition) is 3. The van der Waals surface area contributed by atoms with Gasteiger partial charge in [-0.15, -0.1) is 0 Å². The maximum absolute atomic E-state index is 12.0. The van der Waals surface area contributed by atoms with Crippen molar-refractivity contribution in [2.24, 2.45) is 23.5 Å². The van der Waals surface area contributed by atoms with Crippen molar-refractivity contribution in [3.05, 3.63) is 0 Å². The smallest absolute Gasteiger partial charge is 0.409 e. The molecule has 4 nitrogen and oxygen atoms in total. The molecule has 1 aliphatic carbocycles. The van der Waals surface area contributed by atoms with Gasteiger partial charge in [0.25, 0.3) is 0 Å². The van der Waals surface area contributed by atoms with Gasteiger partial charge in [0.1, 0.15) is 0 Å². The predicted molar refractivity (Wildman–Crippen MR) is 75.8 cm³/mol. The van der Waals surface area contributed by atoms with E-state index in [2.05, 4.69) is 6.92 Å². The molecule has 4 heteroatoms. The zero-order chi connectivity index (χ0) is 13.7. The van der Waals surface area contributed by atoms with Gasteiger partial charge in [-0.3, -0.25) is 0 Å². The summed E-state index contributed by atoms with van der Waals surface area (Å²) < 4.78 is 5.52. The molecule has 2 aliphatic rings. The van der Waals surface area contributed by atoms with Crippen molar-refractivity contribution in [3.8, 4) is 0 Å². The predicted octanol–water partition coefficient (Wildman–Crippen LogP) is 2.62. The summed E-state index contributed by atoms with van der Waals surface area (Å²) in [6.07, 6.45) is 6.96. The highest BCUT2D eigenvalue weighted by atomic mass is 16.6. The monoisotopic (exact) mass is 268 g/mol. The van der Waals surface area contributed by atoms with Crippen LogP contribution in [0.2, 0.25) is 0 Å². The lowest BCUT2D eigenvalue weighted by molar-refractivity contribution is 0.0580. The van der Waals surface area contributed by atoms with Crippen LogP contribution in [0.3, 0.4) is 0 Å². The average Bonchev–Trinajstić information content (AvgIpc) is 2.45. The summed E-state index contributed by atoms with van der Waals surface area (Å²) in [7, 11) is 0. The molecule has 2 atom stereocenters. The number of piperidine rings is 1. The Hall–Kier alpha value is -0.770. The summed E-state index contributed by atoms with van der Waals surface area (Å²) in [6.45, 7) is 5.24. The fraction of sp³-hybridized carbons (Fsp3) is 0.933. The fourth-order valence-electron chi connectivity index (χ4n) is 3.27. The van der Waals surface area contributed by atoms with Gasteiger partial charge in [-0.2, -0.15) is 0 Å². The summed E-state index contributed by atoms with van der Waals surface area (Å²) in [5.74, 6) is 1.76. The third-order valence-corrected chi connectivity index (χ3v) is 4.83. The number of ether oxygens (including phenoxy) is 1. The number of rotatable bonds is 3. The number of carbonyl (C=O) groups is 1. The van der Waals surface area contributed by atoms with Crippen molar-refractivity contribution in [1.82, 2.24) is 4.90 Å². The number of likely N-dealkylation sites (tertiary alicyclic amines) is 1. The van der Waals surface area contributed by atoms with Crippen LogP contribution < -0.4 is 5.73 Å². The van der Waals surface area contributed by atoms with E-state index in [1.165, 1.54) is 19.3 Å². The molecule has 2 N–H and O–H groups in total. The molecule has 0 aromatic carbocycles. The minimum absolute atomic E-state index is 0.117. The third kappa shape index (κ3) is 4.10. The lowest BCUT2D eigenvalue weighted by Gasteiger charge is -2.32. The number of nitrogens with zero attached hydrogens (tertiary/aromatic N) is 1. The first-order valence-corrected chi connectivity index (χ1v) is 7.82. The Kier molecular flexibility index (Phi) is 5.49. The second kappa shape index (κ2) is 7.13. The van der Waals surface area contributed by atoms with Crippen molar-refractivity contribution in [1.29, 1.82) is 0 Å². The van der Waals surface area contributed by atoms with Crippen LogP contribution in [0.1, 0.15) is 45.4 Å². The second-order valence-electron chi connectivity index (χ2n) is 6.29. The van der Waals surface area contributed by atoms with Crippen molar-refractivity contribution in [3.63, 3.8) is 0 Å². The number of nitrogens with two attached hydrogens (primary N) is 1. The van der Waals surface area contributed by atoms with Gasteiger partial charge >= 0.3 is 6.09 Å². The molecule has 2 unspecified atom stereocenters. The molecule has 19 heavy (non-hydrogen) atoms. The molecule has 0 radical (unpaired) electrons. The molecule has 2 fully saturated rings. The average molecular weight is 268 g/mol. The molecule has 0 aromatic rings. The maximum Gasteiger partial charge on any atom is 0.409 e. The Morgan fingerprint density at radius 3 is 2.42 bits per heavy atom.